The number of nitrogens with zero attached hydrogens (tertiary/aromatic N) is 2. The zero-order chi connectivity index (χ0) is 20.6. The Morgan fingerprint density at radius 3 is 2.34 bits per heavy atom. The Morgan fingerprint density at radius 2 is 1.66 bits per heavy atom. The van der Waals surface area contributed by atoms with Crippen LogP contribution in [-0.2, 0) is 16.0 Å². The molecule has 0 bridgehead atoms. The molecule has 0 atom stereocenters. The van der Waals surface area contributed by atoms with E-state index in [-0.39, 0.29) is 0 Å². The number of methoxy groups -OCH3 is 1. The lowest BCUT2D eigenvalue weighted by atomic mass is 10.1. The standard InChI is InChI=1S/C22H28N4O3/c1-25-13-15-26(16-14-25)19-9-7-18(8-10-19)24-22(28)21(27)23-12-11-17-5-3-4-6-20(17)29-2/h3-10H,11-16H2,1-2H3,(H,23,27)(H,24,28). The van der Waals surface area contributed by atoms with Crippen LogP contribution in [0, 0.1) is 0 Å². The number of benzene rings is 2. The van der Waals surface area contributed by atoms with E-state index in [0.717, 1.165) is 43.2 Å². The van der Waals surface area contributed by atoms with E-state index in [1.807, 2.05) is 48.5 Å². The molecule has 2 amide bonds. The minimum Gasteiger partial charge on any atom is -0.496 e. The molecule has 154 valence electrons. The molecule has 2 aromatic rings. The van der Waals surface area contributed by atoms with Gasteiger partial charge in [-0.1, -0.05) is 18.2 Å². The van der Waals surface area contributed by atoms with Crippen LogP contribution in [0.1, 0.15) is 5.56 Å². The van der Waals surface area contributed by atoms with E-state index in [1.54, 1.807) is 7.11 Å². The molecule has 0 spiro atoms. The Balaban J connectivity index is 1.46. The molecule has 2 N–H and O–H groups in total. The minimum atomic E-state index is -0.669. The van der Waals surface area contributed by atoms with Crippen LogP contribution >= 0.6 is 0 Å². The number of rotatable bonds is 6. The molecule has 3 rings (SSSR count). The van der Waals surface area contributed by atoms with Crippen LogP contribution in [0.3, 0.4) is 0 Å². The highest BCUT2D eigenvalue weighted by Gasteiger charge is 2.16. The Bertz CT molecular complexity index is 830. The van der Waals surface area contributed by atoms with Gasteiger partial charge in [-0.3, -0.25) is 9.59 Å². The highest BCUT2D eigenvalue weighted by atomic mass is 16.5. The van der Waals surface area contributed by atoms with Crippen molar-refractivity contribution < 1.29 is 14.3 Å². The minimum absolute atomic E-state index is 0.356. The molecular formula is C22H28N4O3. The zero-order valence-electron chi connectivity index (χ0n) is 17.0. The lowest BCUT2D eigenvalue weighted by molar-refractivity contribution is -0.136. The van der Waals surface area contributed by atoms with Gasteiger partial charge in [0.2, 0.25) is 0 Å². The summed E-state index contributed by atoms with van der Waals surface area (Å²) >= 11 is 0. The number of likely N-dealkylation sites (N-methyl/N-ethyl adjacent to an activating group) is 1. The number of para-hydroxylation sites is 1. The first-order valence-corrected chi connectivity index (χ1v) is 9.81. The summed E-state index contributed by atoms with van der Waals surface area (Å²) in [5, 5.41) is 5.30. The molecule has 1 saturated heterocycles. The van der Waals surface area contributed by atoms with E-state index >= 15 is 0 Å². The summed E-state index contributed by atoms with van der Waals surface area (Å²) < 4.78 is 5.29. The molecule has 0 saturated carbocycles. The van der Waals surface area contributed by atoms with Crippen molar-refractivity contribution in [1.29, 1.82) is 0 Å². The molecule has 1 aliphatic heterocycles. The number of carbonyl (C=O) groups excluding carboxylic acids is 2. The van der Waals surface area contributed by atoms with Crippen molar-refractivity contribution >= 4 is 23.2 Å². The van der Waals surface area contributed by atoms with Crippen molar-refractivity contribution in [3.8, 4) is 5.75 Å². The Labute approximate surface area is 171 Å². The molecule has 1 heterocycles. The molecule has 7 nitrogen and oxygen atoms in total. The molecule has 29 heavy (non-hydrogen) atoms. The Kier molecular flexibility index (Phi) is 7.08. The number of piperazine rings is 1. The molecule has 7 heteroatoms. The first-order valence-electron chi connectivity index (χ1n) is 9.81. The predicted octanol–water partition coefficient (Wildman–Crippen LogP) is 1.74. The topological polar surface area (TPSA) is 73.9 Å². The second-order valence-electron chi connectivity index (χ2n) is 7.11. The van der Waals surface area contributed by atoms with Crippen LogP contribution in [0.25, 0.3) is 0 Å². The molecule has 0 radical (unpaired) electrons. The van der Waals surface area contributed by atoms with Crippen LogP contribution in [0.15, 0.2) is 48.5 Å². The monoisotopic (exact) mass is 396 g/mol. The fraction of sp³-hybridized carbons (Fsp3) is 0.364. The average Bonchev–Trinajstić information content (AvgIpc) is 2.75. The quantitative estimate of drug-likeness (QED) is 0.728. The van der Waals surface area contributed by atoms with Crippen LogP contribution in [0.4, 0.5) is 11.4 Å². The van der Waals surface area contributed by atoms with Gasteiger partial charge in [0.15, 0.2) is 0 Å². The van der Waals surface area contributed by atoms with E-state index in [1.165, 1.54) is 0 Å². The van der Waals surface area contributed by atoms with Gasteiger partial charge >= 0.3 is 11.8 Å². The highest BCUT2D eigenvalue weighted by Crippen LogP contribution is 2.19. The van der Waals surface area contributed by atoms with Crippen molar-refractivity contribution in [3.63, 3.8) is 0 Å². The number of hydrogen-bond donors (Lipinski definition) is 2. The van der Waals surface area contributed by atoms with Crippen LogP contribution in [0.5, 0.6) is 5.75 Å². The van der Waals surface area contributed by atoms with Gasteiger partial charge in [-0.25, -0.2) is 0 Å². The normalized spacial score (nSPS) is 14.3. The van der Waals surface area contributed by atoms with Gasteiger partial charge in [0, 0.05) is 44.1 Å². The fourth-order valence-electron chi connectivity index (χ4n) is 3.31. The van der Waals surface area contributed by atoms with Gasteiger partial charge in [0.25, 0.3) is 0 Å². The number of amides is 2. The van der Waals surface area contributed by atoms with Crippen molar-refractivity contribution in [3.05, 3.63) is 54.1 Å². The first kappa shape index (κ1) is 20.7. The molecule has 2 aromatic carbocycles. The van der Waals surface area contributed by atoms with Gasteiger partial charge in [0.05, 0.1) is 7.11 Å². The first-order chi connectivity index (χ1) is 14.1. The summed E-state index contributed by atoms with van der Waals surface area (Å²) in [5.74, 6) is -0.549. The van der Waals surface area contributed by atoms with E-state index in [2.05, 4.69) is 27.5 Å². The van der Waals surface area contributed by atoms with Crippen molar-refractivity contribution in [1.82, 2.24) is 10.2 Å². The van der Waals surface area contributed by atoms with Gasteiger partial charge in [-0.15, -0.1) is 0 Å². The van der Waals surface area contributed by atoms with E-state index in [4.69, 9.17) is 4.74 Å². The summed E-state index contributed by atoms with van der Waals surface area (Å²) in [6.07, 6.45) is 0.586. The summed E-state index contributed by atoms with van der Waals surface area (Å²) in [7, 11) is 3.73. The number of anilines is 2. The van der Waals surface area contributed by atoms with E-state index in [9.17, 15) is 9.59 Å². The summed E-state index contributed by atoms with van der Waals surface area (Å²) in [4.78, 5) is 28.8. The number of carbonyl (C=O) groups is 2. The van der Waals surface area contributed by atoms with Gasteiger partial charge in [0.1, 0.15) is 5.75 Å². The molecule has 0 aromatic heterocycles. The lowest BCUT2D eigenvalue weighted by Crippen LogP contribution is -2.44. The maximum Gasteiger partial charge on any atom is 0.313 e. The van der Waals surface area contributed by atoms with Crippen LogP contribution in [0.2, 0.25) is 0 Å². The van der Waals surface area contributed by atoms with E-state index < -0.39 is 11.8 Å². The van der Waals surface area contributed by atoms with Crippen LogP contribution < -0.4 is 20.3 Å². The SMILES string of the molecule is COc1ccccc1CCNC(=O)C(=O)Nc1ccc(N2CCN(C)CC2)cc1. The van der Waals surface area contributed by atoms with Crippen LogP contribution in [-0.4, -0.2) is 63.6 Å². The van der Waals surface area contributed by atoms with Crippen molar-refractivity contribution in [2.45, 2.75) is 6.42 Å². The average molecular weight is 396 g/mol. The number of ether oxygens (including phenoxy) is 1. The summed E-state index contributed by atoms with van der Waals surface area (Å²) in [5.41, 5.74) is 2.71. The maximum atomic E-state index is 12.1. The van der Waals surface area contributed by atoms with Crippen molar-refractivity contribution in [2.75, 3.05) is 57.1 Å². The Hall–Kier alpha value is -3.06. The molecule has 0 unspecified atom stereocenters. The summed E-state index contributed by atoms with van der Waals surface area (Å²) in [6, 6.07) is 15.2. The van der Waals surface area contributed by atoms with E-state index in [0.29, 0.717) is 18.7 Å². The smallest absolute Gasteiger partial charge is 0.313 e. The largest absolute Gasteiger partial charge is 0.496 e. The van der Waals surface area contributed by atoms with Gasteiger partial charge < -0.3 is 25.2 Å². The highest BCUT2D eigenvalue weighted by molar-refractivity contribution is 6.39. The lowest BCUT2D eigenvalue weighted by Gasteiger charge is -2.34. The molecule has 0 aliphatic carbocycles. The fourth-order valence-corrected chi connectivity index (χ4v) is 3.31. The van der Waals surface area contributed by atoms with Gasteiger partial charge in [-0.2, -0.15) is 0 Å². The Morgan fingerprint density at radius 1 is 0.966 bits per heavy atom. The second-order valence-corrected chi connectivity index (χ2v) is 7.11. The second kappa shape index (κ2) is 9.93. The molecular weight excluding hydrogens is 368 g/mol. The number of nitrogens with one attached hydrogen (secondary N) is 2. The molecule has 1 aliphatic rings. The molecule has 1 fully saturated rings. The zero-order valence-corrected chi connectivity index (χ0v) is 17.0. The number of hydrogen-bond acceptors (Lipinski definition) is 5. The predicted molar refractivity (Wildman–Crippen MR) is 114 cm³/mol. The summed E-state index contributed by atoms with van der Waals surface area (Å²) in [6.45, 7) is 4.39. The third kappa shape index (κ3) is 5.71. The van der Waals surface area contributed by atoms with Crippen molar-refractivity contribution in [2.24, 2.45) is 0 Å². The third-order valence-electron chi connectivity index (χ3n) is 5.07. The van der Waals surface area contributed by atoms with Gasteiger partial charge in [-0.05, 0) is 49.4 Å². The third-order valence-corrected chi connectivity index (χ3v) is 5.07. The maximum absolute atomic E-state index is 12.1.